The fraction of sp³-hybridized carbons (Fsp3) is 0.691. The lowest BCUT2D eigenvalue weighted by atomic mass is 10.0. The van der Waals surface area contributed by atoms with Crippen LogP contribution in [0.4, 0.5) is 0 Å². The number of nitrogens with zero attached hydrogens (tertiary/aromatic N) is 1. The van der Waals surface area contributed by atoms with Crippen LogP contribution in [-0.4, -0.2) is 87.4 Å². The summed E-state index contributed by atoms with van der Waals surface area (Å²) in [5, 5.41) is 9.72. The molecule has 77 heavy (non-hydrogen) atoms. The molecule has 0 aliphatic heterocycles. The maximum absolute atomic E-state index is 12.9. The highest BCUT2D eigenvalue weighted by atomic mass is 16.7. The number of carboxylic acid groups (broad SMARTS) is 1. The first-order valence-corrected chi connectivity index (χ1v) is 31.1. The van der Waals surface area contributed by atoms with Crippen LogP contribution in [0.2, 0.25) is 0 Å². The zero-order chi connectivity index (χ0) is 56.2. The fourth-order valence-corrected chi connectivity index (χ4v) is 8.33. The van der Waals surface area contributed by atoms with E-state index in [4.69, 9.17) is 18.9 Å². The maximum Gasteiger partial charge on any atom is 0.361 e. The molecule has 0 aromatic heterocycles. The molecule has 0 fully saturated rings. The van der Waals surface area contributed by atoms with E-state index in [-0.39, 0.29) is 32.2 Å². The summed E-state index contributed by atoms with van der Waals surface area (Å²) in [6, 6.07) is 0. The van der Waals surface area contributed by atoms with Crippen LogP contribution in [-0.2, 0) is 33.3 Å². The number of quaternary nitrogens is 1. The minimum absolute atomic E-state index is 0.181. The number of rotatable bonds is 56. The quantitative estimate of drug-likeness (QED) is 0.0211. The lowest BCUT2D eigenvalue weighted by molar-refractivity contribution is -0.870. The molecule has 0 amide bonds. The standard InChI is InChI=1S/C68H115NO8/c1-6-8-10-12-14-16-18-20-22-24-26-28-30-31-32-33-34-35-37-38-40-42-44-46-48-50-52-54-56-58-65(70)75-62-64(63-76-68(67(72)73)74-61-60-69(3,4)5)77-66(71)59-57-55-53-51-49-47-45-43-41-39-36-29-27-25-23-21-19-17-15-13-11-9-7-2/h8-11,14-17,20-23,26-29,39,41,64,68H,6-7,12-13,18-19,24-25,30-38,40,42-63H2,1-5H3/p+1/b10-8-,11-9-,16-14-,17-15-,22-20-,23-21-,28-26-,29-27-,41-39-. The highest BCUT2D eigenvalue weighted by Gasteiger charge is 2.25. The van der Waals surface area contributed by atoms with Crippen LogP contribution in [0.1, 0.15) is 245 Å². The third kappa shape index (κ3) is 59.5. The average Bonchev–Trinajstić information content (AvgIpc) is 3.40. The summed E-state index contributed by atoms with van der Waals surface area (Å²) in [7, 11) is 5.96. The minimum atomic E-state index is -1.52. The predicted octanol–water partition coefficient (Wildman–Crippen LogP) is 18.7. The molecule has 2 atom stereocenters. The Bertz CT molecular complexity index is 1630. The molecule has 0 aromatic rings. The van der Waals surface area contributed by atoms with Crippen LogP contribution in [0.3, 0.4) is 0 Å². The van der Waals surface area contributed by atoms with Crippen molar-refractivity contribution in [2.24, 2.45) is 0 Å². The number of carbonyl (C=O) groups excluding carboxylic acids is 2. The molecule has 0 saturated heterocycles. The molecule has 0 heterocycles. The molecule has 9 heteroatoms. The summed E-state index contributed by atoms with van der Waals surface area (Å²) in [4.78, 5) is 37.5. The van der Waals surface area contributed by atoms with E-state index in [2.05, 4.69) is 123 Å². The number of ether oxygens (including phenoxy) is 4. The van der Waals surface area contributed by atoms with E-state index in [0.29, 0.717) is 23.9 Å². The van der Waals surface area contributed by atoms with Crippen LogP contribution in [0, 0.1) is 0 Å². The van der Waals surface area contributed by atoms with Gasteiger partial charge in [0.2, 0.25) is 0 Å². The SMILES string of the molecule is CC/C=C\C/C=C\C/C=C\C/C=C\C/C=C\CCCCCCCCCC(=O)OC(COC(=O)CCCCCCCCCCCCCCCCCC/C=C\C/C=C\C/C=C\C/C=C\CC)COC(OCC[N+](C)(C)C)C(=O)O. The summed E-state index contributed by atoms with van der Waals surface area (Å²) in [6.07, 6.45) is 77.4. The van der Waals surface area contributed by atoms with Gasteiger partial charge in [-0.1, -0.05) is 245 Å². The Morgan fingerprint density at radius 2 is 0.701 bits per heavy atom. The maximum atomic E-state index is 12.9. The molecule has 2 unspecified atom stereocenters. The number of allylic oxidation sites excluding steroid dienone is 18. The van der Waals surface area contributed by atoms with Gasteiger partial charge in [-0.25, -0.2) is 4.79 Å². The number of unbranched alkanes of at least 4 members (excludes halogenated alkanes) is 23. The van der Waals surface area contributed by atoms with E-state index in [1.54, 1.807) is 0 Å². The predicted molar refractivity (Wildman–Crippen MR) is 327 cm³/mol. The van der Waals surface area contributed by atoms with Gasteiger partial charge in [0.05, 0.1) is 34.4 Å². The Kier molecular flexibility index (Phi) is 55.1. The highest BCUT2D eigenvalue weighted by molar-refractivity contribution is 5.71. The fourth-order valence-electron chi connectivity index (χ4n) is 8.33. The van der Waals surface area contributed by atoms with Gasteiger partial charge >= 0.3 is 17.9 Å². The summed E-state index contributed by atoms with van der Waals surface area (Å²) in [6.45, 7) is 4.64. The number of esters is 2. The number of carboxylic acids is 1. The lowest BCUT2D eigenvalue weighted by Gasteiger charge is -2.25. The Morgan fingerprint density at radius 3 is 1.04 bits per heavy atom. The number of hydrogen-bond donors (Lipinski definition) is 1. The normalized spacial score (nSPS) is 13.5. The smallest absolute Gasteiger partial charge is 0.361 e. The van der Waals surface area contributed by atoms with Crippen molar-refractivity contribution >= 4 is 17.9 Å². The number of carbonyl (C=O) groups is 3. The van der Waals surface area contributed by atoms with Gasteiger partial charge in [0, 0.05) is 12.8 Å². The van der Waals surface area contributed by atoms with E-state index in [1.165, 1.54) is 109 Å². The third-order valence-corrected chi connectivity index (χ3v) is 13.0. The summed E-state index contributed by atoms with van der Waals surface area (Å²) in [5.41, 5.74) is 0. The summed E-state index contributed by atoms with van der Waals surface area (Å²) >= 11 is 0. The Hall–Kier alpha value is -4.05. The molecular formula is C68H116NO8+. The third-order valence-electron chi connectivity index (χ3n) is 13.0. The molecule has 0 radical (unpaired) electrons. The molecule has 440 valence electrons. The Labute approximate surface area is 473 Å². The van der Waals surface area contributed by atoms with Crippen LogP contribution in [0.15, 0.2) is 109 Å². The minimum Gasteiger partial charge on any atom is -0.477 e. The van der Waals surface area contributed by atoms with Crippen molar-refractivity contribution in [3.8, 4) is 0 Å². The van der Waals surface area contributed by atoms with Gasteiger partial charge in [0.1, 0.15) is 13.2 Å². The topological polar surface area (TPSA) is 108 Å². The first-order chi connectivity index (χ1) is 37.6. The van der Waals surface area contributed by atoms with Gasteiger partial charge < -0.3 is 28.5 Å². The second-order valence-electron chi connectivity index (χ2n) is 21.6. The lowest BCUT2D eigenvalue weighted by Crippen LogP contribution is -2.40. The Balaban J connectivity index is 4.21. The molecule has 0 saturated carbocycles. The van der Waals surface area contributed by atoms with E-state index in [9.17, 15) is 19.5 Å². The molecule has 0 aromatic carbocycles. The van der Waals surface area contributed by atoms with Crippen molar-refractivity contribution < 1.29 is 42.9 Å². The zero-order valence-electron chi connectivity index (χ0n) is 50.1. The molecule has 0 aliphatic rings. The van der Waals surface area contributed by atoms with Crippen molar-refractivity contribution in [1.82, 2.24) is 0 Å². The molecule has 0 bridgehead atoms. The van der Waals surface area contributed by atoms with E-state index < -0.39 is 24.3 Å². The van der Waals surface area contributed by atoms with Crippen LogP contribution >= 0.6 is 0 Å². The molecule has 0 spiro atoms. The van der Waals surface area contributed by atoms with Crippen molar-refractivity contribution in [2.45, 2.75) is 257 Å². The second-order valence-corrected chi connectivity index (χ2v) is 21.6. The van der Waals surface area contributed by atoms with Gasteiger partial charge in [-0.2, -0.15) is 0 Å². The van der Waals surface area contributed by atoms with E-state index in [1.807, 2.05) is 21.1 Å². The van der Waals surface area contributed by atoms with Gasteiger partial charge in [-0.05, 0) is 96.3 Å². The van der Waals surface area contributed by atoms with Gasteiger partial charge in [-0.3, -0.25) is 9.59 Å². The molecule has 9 nitrogen and oxygen atoms in total. The molecule has 1 N–H and O–H groups in total. The molecular weight excluding hydrogens is 959 g/mol. The van der Waals surface area contributed by atoms with Gasteiger partial charge in [-0.15, -0.1) is 0 Å². The van der Waals surface area contributed by atoms with Crippen molar-refractivity contribution in [2.75, 3.05) is 47.5 Å². The average molecular weight is 1080 g/mol. The number of likely N-dealkylation sites (N-methyl/N-ethyl adjacent to an activating group) is 1. The first-order valence-electron chi connectivity index (χ1n) is 31.1. The van der Waals surface area contributed by atoms with Crippen molar-refractivity contribution in [1.29, 1.82) is 0 Å². The summed E-state index contributed by atoms with van der Waals surface area (Å²) < 4.78 is 22.9. The van der Waals surface area contributed by atoms with E-state index in [0.717, 1.165) is 103 Å². The van der Waals surface area contributed by atoms with Gasteiger partial charge in [0.25, 0.3) is 6.29 Å². The van der Waals surface area contributed by atoms with Crippen LogP contribution < -0.4 is 0 Å². The molecule has 0 aliphatic carbocycles. The summed E-state index contributed by atoms with van der Waals surface area (Å²) in [5.74, 6) is -2.02. The number of hydrogen-bond acceptors (Lipinski definition) is 7. The van der Waals surface area contributed by atoms with Crippen LogP contribution in [0.25, 0.3) is 0 Å². The van der Waals surface area contributed by atoms with E-state index >= 15 is 0 Å². The largest absolute Gasteiger partial charge is 0.477 e. The first kappa shape index (κ1) is 73.0. The van der Waals surface area contributed by atoms with Gasteiger partial charge in [0.15, 0.2) is 6.10 Å². The number of aliphatic carboxylic acids is 1. The Morgan fingerprint density at radius 1 is 0.390 bits per heavy atom. The second kappa shape index (κ2) is 58.1. The monoisotopic (exact) mass is 1070 g/mol. The zero-order valence-corrected chi connectivity index (χ0v) is 50.1. The van der Waals surface area contributed by atoms with Crippen LogP contribution in [0.5, 0.6) is 0 Å². The van der Waals surface area contributed by atoms with Crippen molar-refractivity contribution in [3.63, 3.8) is 0 Å². The highest BCUT2D eigenvalue weighted by Crippen LogP contribution is 2.16. The molecule has 0 rings (SSSR count). The van der Waals surface area contributed by atoms with Crippen molar-refractivity contribution in [3.05, 3.63) is 109 Å².